The van der Waals surface area contributed by atoms with Crippen LogP contribution in [0.1, 0.15) is 45.7 Å². The second-order valence-electron chi connectivity index (χ2n) is 7.12. The van der Waals surface area contributed by atoms with E-state index in [1.807, 2.05) is 26.8 Å². The molecule has 1 fully saturated rings. The van der Waals surface area contributed by atoms with E-state index in [9.17, 15) is 4.79 Å². The fraction of sp³-hybridized carbons (Fsp3) is 0.611. The minimum Gasteiger partial charge on any atom is -0.444 e. The van der Waals surface area contributed by atoms with Crippen LogP contribution in [0, 0.1) is 5.92 Å². The molecule has 0 spiro atoms. The molecule has 1 aliphatic heterocycles. The second kappa shape index (κ2) is 7.14. The highest BCUT2D eigenvalue weighted by atomic mass is 16.6. The van der Waals surface area contributed by atoms with E-state index in [1.54, 1.807) is 0 Å². The van der Waals surface area contributed by atoms with Gasteiger partial charge in [0.25, 0.3) is 0 Å². The van der Waals surface area contributed by atoms with Crippen molar-refractivity contribution < 1.29 is 9.53 Å². The number of alkyl carbamates (subject to hydrolysis) is 1. The topological polar surface area (TPSA) is 41.6 Å². The zero-order valence-corrected chi connectivity index (χ0v) is 14.1. The van der Waals surface area contributed by atoms with Gasteiger partial charge in [-0.3, -0.25) is 4.90 Å². The lowest BCUT2D eigenvalue weighted by Crippen LogP contribution is -2.36. The summed E-state index contributed by atoms with van der Waals surface area (Å²) in [5.41, 5.74) is 0.913. The van der Waals surface area contributed by atoms with Gasteiger partial charge >= 0.3 is 6.09 Å². The SMILES string of the molecule is CC(c1ccccc1)N1CCC(CNC(=O)OC(C)(C)C)C1. The summed E-state index contributed by atoms with van der Waals surface area (Å²) in [4.78, 5) is 14.2. The smallest absolute Gasteiger partial charge is 0.407 e. The Morgan fingerprint density at radius 2 is 2.05 bits per heavy atom. The molecule has 4 heteroatoms. The van der Waals surface area contributed by atoms with Crippen molar-refractivity contribution in [3.05, 3.63) is 35.9 Å². The van der Waals surface area contributed by atoms with Crippen LogP contribution >= 0.6 is 0 Å². The number of nitrogens with zero attached hydrogens (tertiary/aromatic N) is 1. The second-order valence-corrected chi connectivity index (χ2v) is 7.12. The first-order chi connectivity index (χ1) is 10.3. The van der Waals surface area contributed by atoms with Gasteiger partial charge in [0.15, 0.2) is 0 Å². The third-order valence-electron chi connectivity index (χ3n) is 4.08. The lowest BCUT2D eigenvalue weighted by molar-refractivity contribution is 0.0519. The third kappa shape index (κ3) is 5.02. The van der Waals surface area contributed by atoms with Gasteiger partial charge in [-0.05, 0) is 52.1 Å². The van der Waals surface area contributed by atoms with Crippen LogP contribution in [-0.4, -0.2) is 36.2 Å². The molecular formula is C18H28N2O2. The van der Waals surface area contributed by atoms with Gasteiger partial charge in [0, 0.05) is 19.1 Å². The Hall–Kier alpha value is -1.55. The van der Waals surface area contributed by atoms with E-state index in [0.717, 1.165) is 19.5 Å². The number of amides is 1. The molecule has 0 bridgehead atoms. The van der Waals surface area contributed by atoms with Crippen molar-refractivity contribution in [2.45, 2.75) is 45.8 Å². The standard InChI is InChI=1S/C18H28N2O2/c1-14(16-8-6-5-7-9-16)20-11-10-15(13-20)12-19-17(21)22-18(2,3)4/h5-9,14-15H,10-13H2,1-4H3,(H,19,21). The van der Waals surface area contributed by atoms with Crippen LogP contribution in [0.25, 0.3) is 0 Å². The Labute approximate surface area is 133 Å². The molecule has 1 heterocycles. The molecule has 122 valence electrons. The van der Waals surface area contributed by atoms with Gasteiger partial charge in [0.2, 0.25) is 0 Å². The van der Waals surface area contributed by atoms with E-state index in [4.69, 9.17) is 4.74 Å². The zero-order chi connectivity index (χ0) is 16.2. The van der Waals surface area contributed by atoms with Gasteiger partial charge in [-0.1, -0.05) is 30.3 Å². The molecular weight excluding hydrogens is 276 g/mol. The maximum Gasteiger partial charge on any atom is 0.407 e. The summed E-state index contributed by atoms with van der Waals surface area (Å²) >= 11 is 0. The van der Waals surface area contributed by atoms with Crippen LogP contribution in [0.3, 0.4) is 0 Å². The third-order valence-corrected chi connectivity index (χ3v) is 4.08. The number of ether oxygens (including phenoxy) is 1. The molecule has 0 saturated carbocycles. The quantitative estimate of drug-likeness (QED) is 0.924. The van der Waals surface area contributed by atoms with E-state index in [-0.39, 0.29) is 6.09 Å². The van der Waals surface area contributed by atoms with E-state index in [0.29, 0.717) is 18.5 Å². The van der Waals surface area contributed by atoms with E-state index >= 15 is 0 Å². The summed E-state index contributed by atoms with van der Waals surface area (Å²) < 4.78 is 5.28. The molecule has 0 aliphatic carbocycles. The van der Waals surface area contributed by atoms with Crippen molar-refractivity contribution >= 4 is 6.09 Å². The number of likely N-dealkylation sites (tertiary alicyclic amines) is 1. The number of nitrogens with one attached hydrogen (secondary N) is 1. The minimum atomic E-state index is -0.437. The molecule has 0 aromatic heterocycles. The first-order valence-electron chi connectivity index (χ1n) is 8.11. The van der Waals surface area contributed by atoms with Gasteiger partial charge in [-0.2, -0.15) is 0 Å². The van der Waals surface area contributed by atoms with Crippen LogP contribution in [0.5, 0.6) is 0 Å². The summed E-state index contributed by atoms with van der Waals surface area (Å²) in [6.45, 7) is 10.7. The summed E-state index contributed by atoms with van der Waals surface area (Å²) in [7, 11) is 0. The molecule has 2 unspecified atom stereocenters. The lowest BCUT2D eigenvalue weighted by atomic mass is 10.1. The number of carbonyl (C=O) groups excluding carboxylic acids is 1. The summed E-state index contributed by atoms with van der Waals surface area (Å²) in [6, 6.07) is 11.0. The molecule has 1 saturated heterocycles. The summed E-state index contributed by atoms with van der Waals surface area (Å²) in [5.74, 6) is 0.499. The minimum absolute atomic E-state index is 0.318. The Kier molecular flexibility index (Phi) is 5.46. The van der Waals surface area contributed by atoms with Gasteiger partial charge in [0.1, 0.15) is 5.60 Å². The van der Waals surface area contributed by atoms with Crippen molar-refractivity contribution in [1.29, 1.82) is 0 Å². The van der Waals surface area contributed by atoms with Crippen LogP contribution in [-0.2, 0) is 4.74 Å². The molecule has 4 nitrogen and oxygen atoms in total. The zero-order valence-electron chi connectivity index (χ0n) is 14.1. The van der Waals surface area contributed by atoms with Crippen molar-refractivity contribution in [3.8, 4) is 0 Å². The Morgan fingerprint density at radius 3 is 2.68 bits per heavy atom. The highest BCUT2D eigenvalue weighted by Crippen LogP contribution is 2.26. The van der Waals surface area contributed by atoms with E-state index in [2.05, 4.69) is 41.4 Å². The van der Waals surface area contributed by atoms with Crippen LogP contribution < -0.4 is 5.32 Å². The summed E-state index contributed by atoms with van der Waals surface area (Å²) in [6.07, 6.45) is 0.800. The lowest BCUT2D eigenvalue weighted by Gasteiger charge is -2.25. The van der Waals surface area contributed by atoms with Gasteiger partial charge in [0.05, 0.1) is 0 Å². The molecule has 1 amide bonds. The first-order valence-corrected chi connectivity index (χ1v) is 8.11. The fourth-order valence-electron chi connectivity index (χ4n) is 2.87. The van der Waals surface area contributed by atoms with E-state index in [1.165, 1.54) is 5.56 Å². The Balaban J connectivity index is 1.77. The Bertz CT molecular complexity index is 482. The van der Waals surface area contributed by atoms with Crippen LogP contribution in [0.4, 0.5) is 4.79 Å². The average Bonchev–Trinajstić information content (AvgIpc) is 2.92. The van der Waals surface area contributed by atoms with Crippen molar-refractivity contribution in [3.63, 3.8) is 0 Å². The maximum absolute atomic E-state index is 11.7. The maximum atomic E-state index is 11.7. The summed E-state index contributed by atoms with van der Waals surface area (Å²) in [5, 5.41) is 2.89. The molecule has 1 N–H and O–H groups in total. The first kappa shape index (κ1) is 16.8. The molecule has 1 aliphatic rings. The van der Waals surface area contributed by atoms with Gasteiger partial charge in [-0.25, -0.2) is 4.79 Å². The fourth-order valence-corrected chi connectivity index (χ4v) is 2.87. The van der Waals surface area contributed by atoms with Crippen molar-refractivity contribution in [2.24, 2.45) is 5.92 Å². The number of benzene rings is 1. The number of rotatable bonds is 4. The Morgan fingerprint density at radius 1 is 1.36 bits per heavy atom. The number of hydrogen-bond acceptors (Lipinski definition) is 3. The van der Waals surface area contributed by atoms with E-state index < -0.39 is 5.60 Å². The normalized spacial score (nSPS) is 20.6. The van der Waals surface area contributed by atoms with Crippen LogP contribution in [0.15, 0.2) is 30.3 Å². The number of hydrogen-bond donors (Lipinski definition) is 1. The van der Waals surface area contributed by atoms with Gasteiger partial charge in [-0.15, -0.1) is 0 Å². The highest BCUT2D eigenvalue weighted by molar-refractivity contribution is 5.67. The predicted octanol–water partition coefficient (Wildman–Crippen LogP) is 3.59. The van der Waals surface area contributed by atoms with Crippen molar-refractivity contribution in [1.82, 2.24) is 10.2 Å². The average molecular weight is 304 g/mol. The molecule has 2 atom stereocenters. The molecule has 0 radical (unpaired) electrons. The highest BCUT2D eigenvalue weighted by Gasteiger charge is 2.27. The molecule has 1 aromatic carbocycles. The van der Waals surface area contributed by atoms with Gasteiger partial charge < -0.3 is 10.1 Å². The van der Waals surface area contributed by atoms with Crippen molar-refractivity contribution in [2.75, 3.05) is 19.6 Å². The molecule has 2 rings (SSSR count). The van der Waals surface area contributed by atoms with Crippen LogP contribution in [0.2, 0.25) is 0 Å². The predicted molar refractivity (Wildman–Crippen MR) is 88.8 cm³/mol. The number of carbonyl (C=O) groups is 1. The molecule has 22 heavy (non-hydrogen) atoms. The molecule has 1 aromatic rings. The monoisotopic (exact) mass is 304 g/mol. The largest absolute Gasteiger partial charge is 0.444 e.